The van der Waals surface area contributed by atoms with Crippen molar-refractivity contribution in [2.45, 2.75) is 58.8 Å². The molecule has 1 aliphatic rings. The van der Waals surface area contributed by atoms with Crippen LogP contribution in [0.1, 0.15) is 70.1 Å². The number of carboxylic acid groups (broad SMARTS) is 1. The van der Waals surface area contributed by atoms with Crippen LogP contribution in [0.5, 0.6) is 0 Å². The van der Waals surface area contributed by atoms with Gasteiger partial charge in [-0.05, 0) is 52.9 Å². The number of hydrogen-bond acceptors (Lipinski definition) is 2. The lowest BCUT2D eigenvalue weighted by molar-refractivity contribution is -0.131. The van der Waals surface area contributed by atoms with Crippen LogP contribution in [0.2, 0.25) is 0 Å². The fourth-order valence-electron chi connectivity index (χ4n) is 3.99. The van der Waals surface area contributed by atoms with E-state index in [0.29, 0.717) is 30.3 Å². The summed E-state index contributed by atoms with van der Waals surface area (Å²) in [5, 5.41) is 8.92. The van der Waals surface area contributed by atoms with E-state index in [1.54, 1.807) is 7.11 Å². The topological polar surface area (TPSA) is 46.5 Å². The third kappa shape index (κ3) is 4.70. The quantitative estimate of drug-likeness (QED) is 0.474. The molecule has 1 fully saturated rings. The smallest absolute Gasteiger partial charge is 0.328 e. The zero-order valence-electron chi connectivity index (χ0n) is 17.7. The Morgan fingerprint density at radius 2 is 1.74 bits per heavy atom. The number of ether oxygens (including phenoxy) is 1. The number of carboxylic acids is 1. The molecule has 3 atom stereocenters. The molecule has 27 heavy (non-hydrogen) atoms. The Morgan fingerprint density at radius 3 is 2.19 bits per heavy atom. The fourth-order valence-corrected chi connectivity index (χ4v) is 3.99. The zero-order valence-corrected chi connectivity index (χ0v) is 17.7. The van der Waals surface area contributed by atoms with Gasteiger partial charge in [-0.15, -0.1) is 0 Å². The number of aliphatic carboxylic acids is 1. The molecule has 148 valence electrons. The molecule has 1 saturated carbocycles. The van der Waals surface area contributed by atoms with Crippen LogP contribution in [-0.4, -0.2) is 24.8 Å². The van der Waals surface area contributed by atoms with E-state index >= 15 is 0 Å². The number of benzene rings is 1. The molecule has 1 aromatic rings. The molecule has 0 heterocycles. The molecule has 3 nitrogen and oxygen atoms in total. The van der Waals surface area contributed by atoms with Crippen molar-refractivity contribution in [3.05, 3.63) is 58.7 Å². The normalized spacial score (nSPS) is 25.6. The number of allylic oxidation sites excluding steroid dienone is 3. The third-order valence-electron chi connectivity index (χ3n) is 5.98. The summed E-state index contributed by atoms with van der Waals surface area (Å²) in [5.41, 5.74) is 4.90. The maximum Gasteiger partial charge on any atom is 0.328 e. The van der Waals surface area contributed by atoms with E-state index < -0.39 is 5.97 Å². The Kier molecular flexibility index (Phi) is 6.69. The summed E-state index contributed by atoms with van der Waals surface area (Å²) in [6, 6.07) is 7.04. The highest BCUT2D eigenvalue weighted by Gasteiger charge is 2.60. The monoisotopic (exact) mass is 370 g/mol. The molecule has 1 N–H and O–H groups in total. The first-order chi connectivity index (χ1) is 12.6. The van der Waals surface area contributed by atoms with Crippen molar-refractivity contribution < 1.29 is 14.6 Å². The van der Waals surface area contributed by atoms with Gasteiger partial charge in [-0.3, -0.25) is 0 Å². The van der Waals surface area contributed by atoms with Gasteiger partial charge in [-0.2, -0.15) is 0 Å². The number of methoxy groups -OCH3 is 1. The fraction of sp³-hybridized carbons (Fsp3) is 0.542. The molecule has 0 saturated heterocycles. The SMILES string of the molecule is COC[C@H]1[C@H](/C=C/C(C)=C/C(=O)O)[C@@]1(C)c1cc(C(C)C)cc(C(C)C)c1. The molecular formula is C24H34O3. The second kappa shape index (κ2) is 8.43. The first-order valence-electron chi connectivity index (χ1n) is 9.85. The van der Waals surface area contributed by atoms with Crippen molar-refractivity contribution in [2.75, 3.05) is 13.7 Å². The molecule has 0 amide bonds. The summed E-state index contributed by atoms with van der Waals surface area (Å²) in [4.78, 5) is 10.9. The zero-order chi connectivity index (χ0) is 20.4. The van der Waals surface area contributed by atoms with Crippen molar-refractivity contribution in [1.29, 1.82) is 0 Å². The van der Waals surface area contributed by atoms with Crippen LogP contribution in [0.25, 0.3) is 0 Å². The third-order valence-corrected chi connectivity index (χ3v) is 5.98. The molecule has 0 bridgehead atoms. The van der Waals surface area contributed by atoms with Gasteiger partial charge >= 0.3 is 5.97 Å². The second-order valence-corrected chi connectivity index (χ2v) is 8.65. The molecule has 3 heteroatoms. The van der Waals surface area contributed by atoms with Gasteiger partial charge in [0.15, 0.2) is 0 Å². The van der Waals surface area contributed by atoms with Crippen LogP contribution in [0.3, 0.4) is 0 Å². The van der Waals surface area contributed by atoms with Crippen LogP contribution < -0.4 is 0 Å². The maximum atomic E-state index is 10.9. The average molecular weight is 371 g/mol. The van der Waals surface area contributed by atoms with E-state index in [9.17, 15) is 4.79 Å². The van der Waals surface area contributed by atoms with E-state index in [1.807, 2.05) is 13.0 Å². The largest absolute Gasteiger partial charge is 0.478 e. The van der Waals surface area contributed by atoms with Crippen molar-refractivity contribution in [1.82, 2.24) is 0 Å². The summed E-state index contributed by atoms with van der Waals surface area (Å²) >= 11 is 0. The van der Waals surface area contributed by atoms with Gasteiger partial charge in [-0.25, -0.2) is 4.79 Å². The summed E-state index contributed by atoms with van der Waals surface area (Å²) in [7, 11) is 1.75. The lowest BCUT2D eigenvalue weighted by Crippen LogP contribution is -2.10. The Morgan fingerprint density at radius 1 is 1.19 bits per heavy atom. The molecular weight excluding hydrogens is 336 g/mol. The van der Waals surface area contributed by atoms with Gasteiger partial charge in [0.2, 0.25) is 0 Å². The van der Waals surface area contributed by atoms with E-state index in [-0.39, 0.29) is 5.41 Å². The summed E-state index contributed by atoms with van der Waals surface area (Å²) in [6.07, 6.45) is 5.34. The molecule has 0 radical (unpaired) electrons. The minimum atomic E-state index is -0.907. The molecule has 0 unspecified atom stereocenters. The van der Waals surface area contributed by atoms with E-state index in [2.05, 4.69) is 58.9 Å². The van der Waals surface area contributed by atoms with E-state index in [1.165, 1.54) is 22.8 Å². The van der Waals surface area contributed by atoms with Crippen LogP contribution in [0, 0.1) is 11.8 Å². The van der Waals surface area contributed by atoms with Crippen LogP contribution in [0.4, 0.5) is 0 Å². The lowest BCUT2D eigenvalue weighted by Gasteiger charge is -2.19. The lowest BCUT2D eigenvalue weighted by atomic mass is 9.86. The predicted molar refractivity (Wildman–Crippen MR) is 111 cm³/mol. The van der Waals surface area contributed by atoms with Crippen molar-refractivity contribution in [3.8, 4) is 0 Å². The first kappa shape index (κ1) is 21.4. The van der Waals surface area contributed by atoms with Gasteiger partial charge < -0.3 is 9.84 Å². The molecule has 0 aliphatic heterocycles. The standard InChI is InChI=1S/C24H34O3/c1-15(2)18-11-19(16(3)4)13-20(12-18)24(6)21(22(24)14-27-7)9-8-17(5)10-23(25)26/h8-13,15-16,21-22H,14H2,1-7H3,(H,25,26)/b9-8+,17-10+/t21-,22-,24+/m0/s1. The number of hydrogen-bond donors (Lipinski definition) is 1. The molecule has 2 rings (SSSR count). The Hall–Kier alpha value is -1.87. The van der Waals surface area contributed by atoms with Crippen molar-refractivity contribution in [3.63, 3.8) is 0 Å². The second-order valence-electron chi connectivity index (χ2n) is 8.65. The minimum Gasteiger partial charge on any atom is -0.478 e. The minimum absolute atomic E-state index is 0.0184. The highest BCUT2D eigenvalue weighted by molar-refractivity contribution is 5.81. The summed E-state index contributed by atoms with van der Waals surface area (Å²) in [5.74, 6) is 0.812. The van der Waals surface area contributed by atoms with Crippen molar-refractivity contribution >= 4 is 5.97 Å². The number of rotatable bonds is 8. The van der Waals surface area contributed by atoms with Gasteiger partial charge in [-0.1, -0.05) is 65.0 Å². The van der Waals surface area contributed by atoms with Crippen LogP contribution >= 0.6 is 0 Å². The highest BCUT2D eigenvalue weighted by Crippen LogP contribution is 2.61. The first-order valence-corrected chi connectivity index (χ1v) is 9.85. The Labute approximate surface area is 164 Å². The molecule has 1 aromatic carbocycles. The van der Waals surface area contributed by atoms with Crippen LogP contribution in [0.15, 0.2) is 42.0 Å². The highest BCUT2D eigenvalue weighted by atomic mass is 16.5. The maximum absolute atomic E-state index is 10.9. The number of carbonyl (C=O) groups is 1. The molecule has 0 aromatic heterocycles. The van der Waals surface area contributed by atoms with Gasteiger partial charge in [0.25, 0.3) is 0 Å². The average Bonchev–Trinajstić information content (AvgIpc) is 3.16. The summed E-state index contributed by atoms with van der Waals surface area (Å²) in [6.45, 7) is 13.8. The van der Waals surface area contributed by atoms with Gasteiger partial charge in [0.1, 0.15) is 0 Å². The van der Waals surface area contributed by atoms with E-state index in [0.717, 1.165) is 5.57 Å². The van der Waals surface area contributed by atoms with Gasteiger partial charge in [0, 0.05) is 18.6 Å². The predicted octanol–water partition coefficient (Wildman–Crippen LogP) is 5.67. The van der Waals surface area contributed by atoms with E-state index in [4.69, 9.17) is 9.84 Å². The van der Waals surface area contributed by atoms with Gasteiger partial charge in [0.05, 0.1) is 6.61 Å². The Bertz CT molecular complexity index is 716. The Balaban J connectivity index is 2.42. The molecule has 0 spiro atoms. The summed E-state index contributed by atoms with van der Waals surface area (Å²) < 4.78 is 5.50. The van der Waals surface area contributed by atoms with Crippen LogP contribution in [-0.2, 0) is 14.9 Å². The molecule has 1 aliphatic carbocycles. The van der Waals surface area contributed by atoms with Crippen molar-refractivity contribution in [2.24, 2.45) is 11.8 Å².